The molecule has 0 aliphatic rings. The molecule has 0 radical (unpaired) electrons. The van der Waals surface area contributed by atoms with E-state index in [2.05, 4.69) is 0 Å². The van der Waals surface area contributed by atoms with Gasteiger partial charge in [0, 0.05) is 0 Å². The molecule has 1 aromatic carbocycles. The lowest BCUT2D eigenvalue weighted by Gasteiger charge is -2.10. The van der Waals surface area contributed by atoms with Crippen molar-refractivity contribution < 1.29 is 14.3 Å². The zero-order chi connectivity index (χ0) is 12.0. The van der Waals surface area contributed by atoms with E-state index in [1.807, 2.05) is 38.1 Å². The van der Waals surface area contributed by atoms with E-state index < -0.39 is 5.97 Å². The SMILES string of the molecule is CC(C)Oc1ccc(COC(=O)CN)cc1. The van der Waals surface area contributed by atoms with Crippen molar-refractivity contribution in [1.29, 1.82) is 0 Å². The van der Waals surface area contributed by atoms with E-state index in [1.165, 1.54) is 0 Å². The number of ether oxygens (including phenoxy) is 2. The van der Waals surface area contributed by atoms with Crippen LogP contribution in [-0.2, 0) is 16.1 Å². The molecule has 88 valence electrons. The number of nitrogens with two attached hydrogens (primary N) is 1. The standard InChI is InChI=1S/C12H17NO3/c1-9(2)16-11-5-3-10(4-6-11)8-15-12(14)7-13/h3-6,9H,7-8,13H2,1-2H3. The molecular formula is C12H17NO3. The maximum atomic E-state index is 10.8. The number of carbonyl (C=O) groups is 1. The Morgan fingerprint density at radius 1 is 1.31 bits per heavy atom. The van der Waals surface area contributed by atoms with Crippen molar-refractivity contribution >= 4 is 5.97 Å². The molecule has 0 fully saturated rings. The molecule has 2 N–H and O–H groups in total. The fraction of sp³-hybridized carbons (Fsp3) is 0.417. The van der Waals surface area contributed by atoms with Crippen LogP contribution in [0, 0.1) is 0 Å². The summed E-state index contributed by atoms with van der Waals surface area (Å²) in [5.41, 5.74) is 6.04. The molecule has 0 spiro atoms. The second-order valence-corrected chi connectivity index (χ2v) is 3.68. The molecule has 1 aromatic rings. The Kier molecular flexibility index (Phi) is 4.79. The van der Waals surface area contributed by atoms with E-state index in [0.29, 0.717) is 0 Å². The molecular weight excluding hydrogens is 206 g/mol. The van der Waals surface area contributed by atoms with Crippen molar-refractivity contribution in [1.82, 2.24) is 0 Å². The average Bonchev–Trinajstić information content (AvgIpc) is 2.27. The van der Waals surface area contributed by atoms with E-state index >= 15 is 0 Å². The molecule has 1 rings (SSSR count). The Hall–Kier alpha value is -1.55. The first-order valence-electron chi connectivity index (χ1n) is 5.23. The van der Waals surface area contributed by atoms with Gasteiger partial charge in [-0.3, -0.25) is 4.79 Å². The van der Waals surface area contributed by atoms with Crippen LogP contribution in [0.2, 0.25) is 0 Å². The third-order valence-corrected chi connectivity index (χ3v) is 1.86. The van der Waals surface area contributed by atoms with Gasteiger partial charge in [0.2, 0.25) is 0 Å². The van der Waals surface area contributed by atoms with Crippen molar-refractivity contribution in [3.8, 4) is 5.75 Å². The van der Waals surface area contributed by atoms with Crippen LogP contribution in [0.5, 0.6) is 5.75 Å². The van der Waals surface area contributed by atoms with Gasteiger partial charge in [-0.1, -0.05) is 12.1 Å². The number of hydrogen-bond acceptors (Lipinski definition) is 4. The maximum Gasteiger partial charge on any atom is 0.320 e. The van der Waals surface area contributed by atoms with Gasteiger partial charge in [-0.15, -0.1) is 0 Å². The number of hydrogen-bond donors (Lipinski definition) is 1. The van der Waals surface area contributed by atoms with E-state index in [9.17, 15) is 4.79 Å². The van der Waals surface area contributed by atoms with Gasteiger partial charge < -0.3 is 15.2 Å². The van der Waals surface area contributed by atoms with E-state index in [-0.39, 0.29) is 19.3 Å². The monoisotopic (exact) mass is 223 g/mol. The van der Waals surface area contributed by atoms with Gasteiger partial charge in [-0.2, -0.15) is 0 Å². The average molecular weight is 223 g/mol. The van der Waals surface area contributed by atoms with Crippen molar-refractivity contribution in [2.75, 3.05) is 6.54 Å². The molecule has 16 heavy (non-hydrogen) atoms. The van der Waals surface area contributed by atoms with Gasteiger partial charge in [0.25, 0.3) is 0 Å². The highest BCUT2D eigenvalue weighted by atomic mass is 16.5. The lowest BCUT2D eigenvalue weighted by Crippen LogP contribution is -2.16. The number of esters is 1. The van der Waals surface area contributed by atoms with Gasteiger partial charge in [0.1, 0.15) is 12.4 Å². The van der Waals surface area contributed by atoms with Crippen LogP contribution < -0.4 is 10.5 Å². The summed E-state index contributed by atoms with van der Waals surface area (Å²) >= 11 is 0. The number of rotatable bonds is 5. The molecule has 0 saturated carbocycles. The van der Waals surface area contributed by atoms with Gasteiger partial charge in [-0.05, 0) is 31.5 Å². The van der Waals surface area contributed by atoms with E-state index in [0.717, 1.165) is 11.3 Å². The highest BCUT2D eigenvalue weighted by Crippen LogP contribution is 2.14. The first-order chi connectivity index (χ1) is 7.61. The van der Waals surface area contributed by atoms with Gasteiger partial charge in [-0.25, -0.2) is 0 Å². The normalized spacial score (nSPS) is 10.2. The maximum absolute atomic E-state index is 10.8. The zero-order valence-corrected chi connectivity index (χ0v) is 9.60. The molecule has 0 aromatic heterocycles. The lowest BCUT2D eigenvalue weighted by molar-refractivity contribution is -0.143. The summed E-state index contributed by atoms with van der Waals surface area (Å²) in [7, 11) is 0. The fourth-order valence-electron chi connectivity index (χ4n) is 1.16. The Bertz CT molecular complexity index is 333. The smallest absolute Gasteiger partial charge is 0.320 e. The highest BCUT2D eigenvalue weighted by molar-refractivity contribution is 5.71. The molecule has 0 atom stereocenters. The molecule has 0 saturated heterocycles. The summed E-state index contributed by atoms with van der Waals surface area (Å²) in [6.45, 7) is 4.10. The third kappa shape index (κ3) is 4.31. The molecule has 0 unspecified atom stereocenters. The summed E-state index contributed by atoms with van der Waals surface area (Å²) in [6, 6.07) is 7.43. The second-order valence-electron chi connectivity index (χ2n) is 3.68. The largest absolute Gasteiger partial charge is 0.491 e. The van der Waals surface area contributed by atoms with Crippen molar-refractivity contribution in [2.24, 2.45) is 5.73 Å². The molecule has 0 aliphatic heterocycles. The minimum atomic E-state index is -0.400. The summed E-state index contributed by atoms with van der Waals surface area (Å²) in [5.74, 6) is 0.409. The van der Waals surface area contributed by atoms with Crippen molar-refractivity contribution in [2.45, 2.75) is 26.6 Å². The van der Waals surface area contributed by atoms with Crippen LogP contribution in [0.25, 0.3) is 0 Å². The molecule has 4 heteroatoms. The summed E-state index contributed by atoms with van der Waals surface area (Å²) in [5, 5.41) is 0. The quantitative estimate of drug-likeness (QED) is 0.768. The number of benzene rings is 1. The molecule has 4 nitrogen and oxygen atoms in total. The van der Waals surface area contributed by atoms with Crippen LogP contribution in [0.15, 0.2) is 24.3 Å². The summed E-state index contributed by atoms with van der Waals surface area (Å²) in [6.07, 6.45) is 0.154. The highest BCUT2D eigenvalue weighted by Gasteiger charge is 2.01. The van der Waals surface area contributed by atoms with Gasteiger partial charge in [0.05, 0.1) is 12.6 Å². The fourth-order valence-corrected chi connectivity index (χ4v) is 1.16. The van der Waals surface area contributed by atoms with Crippen LogP contribution in [-0.4, -0.2) is 18.6 Å². The van der Waals surface area contributed by atoms with E-state index in [1.54, 1.807) is 0 Å². The van der Waals surface area contributed by atoms with Gasteiger partial charge >= 0.3 is 5.97 Å². The van der Waals surface area contributed by atoms with E-state index in [4.69, 9.17) is 15.2 Å². The first-order valence-corrected chi connectivity index (χ1v) is 5.23. The Balaban J connectivity index is 2.48. The van der Waals surface area contributed by atoms with Crippen molar-refractivity contribution in [3.05, 3.63) is 29.8 Å². The minimum Gasteiger partial charge on any atom is -0.491 e. The predicted octanol–water partition coefficient (Wildman–Crippen LogP) is 1.48. The molecule has 0 bridgehead atoms. The minimum absolute atomic E-state index is 0.0887. The predicted molar refractivity (Wildman–Crippen MR) is 61.1 cm³/mol. The Labute approximate surface area is 95.3 Å². The third-order valence-electron chi connectivity index (χ3n) is 1.86. The number of carbonyl (C=O) groups excluding carboxylic acids is 1. The summed E-state index contributed by atoms with van der Waals surface area (Å²) in [4.78, 5) is 10.8. The second kappa shape index (κ2) is 6.12. The van der Waals surface area contributed by atoms with Crippen LogP contribution in [0.4, 0.5) is 0 Å². The summed E-state index contributed by atoms with van der Waals surface area (Å²) < 4.78 is 10.4. The van der Waals surface area contributed by atoms with Crippen LogP contribution in [0.3, 0.4) is 0 Å². The molecule has 0 heterocycles. The molecule has 0 amide bonds. The van der Waals surface area contributed by atoms with Crippen molar-refractivity contribution in [3.63, 3.8) is 0 Å². The topological polar surface area (TPSA) is 61.5 Å². The van der Waals surface area contributed by atoms with Gasteiger partial charge in [0.15, 0.2) is 0 Å². The van der Waals surface area contributed by atoms with Crippen LogP contribution >= 0.6 is 0 Å². The lowest BCUT2D eigenvalue weighted by atomic mass is 10.2. The Morgan fingerprint density at radius 2 is 1.94 bits per heavy atom. The Morgan fingerprint density at radius 3 is 2.44 bits per heavy atom. The zero-order valence-electron chi connectivity index (χ0n) is 9.60. The first kappa shape index (κ1) is 12.5. The van der Waals surface area contributed by atoms with Crippen LogP contribution in [0.1, 0.15) is 19.4 Å². The molecule has 0 aliphatic carbocycles.